The molecule has 1 aliphatic rings. The average molecular weight is 236 g/mol. The SMILES string of the molecule is CSc1ccc(N2CCNC(C)(C)C2)cc1. The van der Waals surface area contributed by atoms with Crippen LogP contribution in [0, 0.1) is 0 Å². The molecule has 0 saturated carbocycles. The van der Waals surface area contributed by atoms with E-state index in [2.05, 4.69) is 54.6 Å². The quantitative estimate of drug-likeness (QED) is 0.795. The summed E-state index contributed by atoms with van der Waals surface area (Å²) in [4.78, 5) is 3.79. The Hall–Kier alpha value is -0.670. The monoisotopic (exact) mass is 236 g/mol. The molecule has 16 heavy (non-hydrogen) atoms. The van der Waals surface area contributed by atoms with Crippen LogP contribution in [-0.4, -0.2) is 31.4 Å². The fourth-order valence-electron chi connectivity index (χ4n) is 2.15. The van der Waals surface area contributed by atoms with Crippen molar-refractivity contribution in [1.82, 2.24) is 5.32 Å². The third-order valence-corrected chi connectivity index (χ3v) is 3.75. The number of nitrogens with one attached hydrogen (secondary N) is 1. The Balaban J connectivity index is 2.11. The Bertz CT molecular complexity index is 345. The van der Waals surface area contributed by atoms with E-state index in [1.165, 1.54) is 10.6 Å². The fraction of sp³-hybridized carbons (Fsp3) is 0.538. The van der Waals surface area contributed by atoms with Gasteiger partial charge in [-0.25, -0.2) is 0 Å². The maximum atomic E-state index is 3.53. The van der Waals surface area contributed by atoms with Gasteiger partial charge in [0.25, 0.3) is 0 Å². The first kappa shape index (κ1) is 11.8. The molecular formula is C13H20N2S. The second-order valence-corrected chi connectivity index (χ2v) is 5.81. The Labute approximate surface area is 102 Å². The highest BCUT2D eigenvalue weighted by atomic mass is 32.2. The van der Waals surface area contributed by atoms with Gasteiger partial charge in [-0.1, -0.05) is 0 Å². The first-order valence-electron chi connectivity index (χ1n) is 5.75. The minimum Gasteiger partial charge on any atom is -0.368 e. The van der Waals surface area contributed by atoms with Gasteiger partial charge in [0, 0.05) is 35.8 Å². The van der Waals surface area contributed by atoms with Crippen molar-refractivity contribution >= 4 is 17.4 Å². The summed E-state index contributed by atoms with van der Waals surface area (Å²) in [6, 6.07) is 8.87. The zero-order valence-corrected chi connectivity index (χ0v) is 11.1. The smallest absolute Gasteiger partial charge is 0.0368 e. The molecule has 2 rings (SSSR count). The van der Waals surface area contributed by atoms with Crippen LogP contribution in [0.2, 0.25) is 0 Å². The molecule has 1 saturated heterocycles. The number of thioether (sulfide) groups is 1. The maximum Gasteiger partial charge on any atom is 0.0368 e. The van der Waals surface area contributed by atoms with Crippen molar-refractivity contribution in [3.05, 3.63) is 24.3 Å². The van der Waals surface area contributed by atoms with E-state index in [-0.39, 0.29) is 5.54 Å². The van der Waals surface area contributed by atoms with Gasteiger partial charge in [-0.2, -0.15) is 0 Å². The van der Waals surface area contributed by atoms with Crippen LogP contribution in [0.4, 0.5) is 5.69 Å². The molecule has 1 aliphatic heterocycles. The summed E-state index contributed by atoms with van der Waals surface area (Å²) in [5.74, 6) is 0. The minimum absolute atomic E-state index is 0.219. The molecule has 0 aliphatic carbocycles. The highest BCUT2D eigenvalue weighted by Gasteiger charge is 2.25. The summed E-state index contributed by atoms with van der Waals surface area (Å²) in [7, 11) is 0. The van der Waals surface area contributed by atoms with Crippen LogP contribution in [0.5, 0.6) is 0 Å². The Morgan fingerprint density at radius 3 is 2.50 bits per heavy atom. The van der Waals surface area contributed by atoms with Crippen LogP contribution in [0.1, 0.15) is 13.8 Å². The van der Waals surface area contributed by atoms with E-state index in [4.69, 9.17) is 0 Å². The van der Waals surface area contributed by atoms with Gasteiger partial charge in [0.1, 0.15) is 0 Å². The number of hydrogen-bond acceptors (Lipinski definition) is 3. The van der Waals surface area contributed by atoms with Gasteiger partial charge in [0.2, 0.25) is 0 Å². The topological polar surface area (TPSA) is 15.3 Å². The molecule has 0 bridgehead atoms. The Morgan fingerprint density at radius 2 is 1.94 bits per heavy atom. The van der Waals surface area contributed by atoms with Gasteiger partial charge in [0.05, 0.1) is 0 Å². The van der Waals surface area contributed by atoms with Crippen LogP contribution in [0.3, 0.4) is 0 Å². The van der Waals surface area contributed by atoms with E-state index in [9.17, 15) is 0 Å². The summed E-state index contributed by atoms with van der Waals surface area (Å²) in [6.45, 7) is 7.76. The largest absolute Gasteiger partial charge is 0.368 e. The van der Waals surface area contributed by atoms with Crippen molar-refractivity contribution in [2.45, 2.75) is 24.3 Å². The van der Waals surface area contributed by atoms with Crippen molar-refractivity contribution < 1.29 is 0 Å². The van der Waals surface area contributed by atoms with Gasteiger partial charge in [-0.05, 0) is 44.4 Å². The molecule has 3 heteroatoms. The molecular weight excluding hydrogens is 216 g/mol. The van der Waals surface area contributed by atoms with E-state index < -0.39 is 0 Å². The van der Waals surface area contributed by atoms with Crippen LogP contribution in [-0.2, 0) is 0 Å². The highest BCUT2D eigenvalue weighted by molar-refractivity contribution is 7.98. The average Bonchev–Trinajstić information content (AvgIpc) is 2.28. The molecule has 1 aromatic rings. The fourth-order valence-corrected chi connectivity index (χ4v) is 2.56. The minimum atomic E-state index is 0.219. The number of benzene rings is 1. The highest BCUT2D eigenvalue weighted by Crippen LogP contribution is 2.23. The summed E-state index contributed by atoms with van der Waals surface area (Å²) in [5, 5.41) is 3.53. The van der Waals surface area contributed by atoms with Gasteiger partial charge in [-0.3, -0.25) is 0 Å². The van der Waals surface area contributed by atoms with E-state index in [0.717, 1.165) is 19.6 Å². The van der Waals surface area contributed by atoms with Crippen molar-refractivity contribution in [2.75, 3.05) is 30.8 Å². The Kier molecular flexibility index (Phi) is 3.45. The molecule has 0 spiro atoms. The molecule has 1 aromatic carbocycles. The summed E-state index contributed by atoms with van der Waals surface area (Å²) in [6.07, 6.45) is 2.11. The van der Waals surface area contributed by atoms with Crippen LogP contribution < -0.4 is 10.2 Å². The lowest BCUT2D eigenvalue weighted by Crippen LogP contribution is -2.57. The lowest BCUT2D eigenvalue weighted by atomic mass is 10.0. The van der Waals surface area contributed by atoms with E-state index in [0.29, 0.717) is 0 Å². The molecule has 88 valence electrons. The molecule has 1 N–H and O–H groups in total. The molecule has 0 aromatic heterocycles. The van der Waals surface area contributed by atoms with Crippen LogP contribution >= 0.6 is 11.8 Å². The molecule has 2 nitrogen and oxygen atoms in total. The molecule has 0 atom stereocenters. The molecule has 1 fully saturated rings. The van der Waals surface area contributed by atoms with Crippen molar-refractivity contribution in [3.63, 3.8) is 0 Å². The van der Waals surface area contributed by atoms with E-state index in [1.807, 2.05) is 0 Å². The maximum absolute atomic E-state index is 3.53. The summed E-state index contributed by atoms with van der Waals surface area (Å²) in [5.41, 5.74) is 1.56. The molecule has 0 amide bonds. The van der Waals surface area contributed by atoms with Crippen LogP contribution in [0.15, 0.2) is 29.2 Å². The second-order valence-electron chi connectivity index (χ2n) is 4.93. The Morgan fingerprint density at radius 1 is 1.25 bits per heavy atom. The third-order valence-electron chi connectivity index (χ3n) is 3.01. The van der Waals surface area contributed by atoms with Crippen molar-refractivity contribution in [1.29, 1.82) is 0 Å². The molecule has 0 radical (unpaired) electrons. The number of nitrogens with zero attached hydrogens (tertiary/aromatic N) is 1. The van der Waals surface area contributed by atoms with Gasteiger partial charge < -0.3 is 10.2 Å². The predicted octanol–water partition coefficient (Wildman–Crippen LogP) is 2.60. The summed E-state index contributed by atoms with van der Waals surface area (Å²) < 4.78 is 0. The molecule has 0 unspecified atom stereocenters. The zero-order valence-electron chi connectivity index (χ0n) is 10.3. The standard InChI is InChI=1S/C13H20N2S/c1-13(2)10-15(9-8-14-13)11-4-6-12(16-3)7-5-11/h4-7,14H,8-10H2,1-3H3. The predicted molar refractivity (Wildman–Crippen MR) is 72.5 cm³/mol. The van der Waals surface area contributed by atoms with E-state index in [1.54, 1.807) is 11.8 Å². The number of anilines is 1. The third kappa shape index (κ3) is 2.71. The van der Waals surface area contributed by atoms with Crippen LogP contribution in [0.25, 0.3) is 0 Å². The lowest BCUT2D eigenvalue weighted by molar-refractivity contribution is 0.353. The number of piperazine rings is 1. The summed E-state index contributed by atoms with van der Waals surface area (Å²) >= 11 is 1.79. The van der Waals surface area contributed by atoms with Crippen molar-refractivity contribution in [2.24, 2.45) is 0 Å². The zero-order chi connectivity index (χ0) is 11.6. The van der Waals surface area contributed by atoms with Gasteiger partial charge in [0.15, 0.2) is 0 Å². The lowest BCUT2D eigenvalue weighted by Gasteiger charge is -2.40. The van der Waals surface area contributed by atoms with E-state index >= 15 is 0 Å². The molecule has 1 heterocycles. The normalized spacial score (nSPS) is 19.8. The van der Waals surface area contributed by atoms with Crippen molar-refractivity contribution in [3.8, 4) is 0 Å². The van der Waals surface area contributed by atoms with Gasteiger partial charge in [-0.15, -0.1) is 11.8 Å². The van der Waals surface area contributed by atoms with Gasteiger partial charge >= 0.3 is 0 Å². The number of hydrogen-bond donors (Lipinski definition) is 1. The first-order valence-corrected chi connectivity index (χ1v) is 6.97. The number of rotatable bonds is 2. The first-order chi connectivity index (χ1) is 7.61. The second kappa shape index (κ2) is 4.68.